The number of para-hydroxylation sites is 1. The number of carbonyl (C=O) groups is 2. The van der Waals surface area contributed by atoms with Gasteiger partial charge >= 0.3 is 0 Å². The third-order valence-electron chi connectivity index (χ3n) is 5.60. The summed E-state index contributed by atoms with van der Waals surface area (Å²) in [7, 11) is 0. The molecule has 2 saturated heterocycles. The van der Waals surface area contributed by atoms with E-state index < -0.39 is 5.92 Å². The highest BCUT2D eigenvalue weighted by Gasteiger charge is 2.37. The zero-order valence-corrected chi connectivity index (χ0v) is 16.3. The fraction of sp³-hybridized carbons (Fsp3) is 0.455. The zero-order chi connectivity index (χ0) is 20.2. The molecule has 3 heterocycles. The predicted molar refractivity (Wildman–Crippen MR) is 105 cm³/mol. The molecule has 0 bridgehead atoms. The van der Waals surface area contributed by atoms with Crippen LogP contribution >= 0.6 is 0 Å². The van der Waals surface area contributed by atoms with Gasteiger partial charge in [-0.15, -0.1) is 0 Å². The van der Waals surface area contributed by atoms with E-state index in [-0.39, 0.29) is 30.1 Å². The lowest BCUT2D eigenvalue weighted by atomic mass is 10.1. The Morgan fingerprint density at radius 1 is 1.24 bits per heavy atom. The van der Waals surface area contributed by atoms with Crippen LogP contribution in [0.5, 0.6) is 5.75 Å². The second-order valence-electron chi connectivity index (χ2n) is 7.74. The van der Waals surface area contributed by atoms with Gasteiger partial charge < -0.3 is 24.1 Å². The quantitative estimate of drug-likeness (QED) is 0.775. The smallest absolute Gasteiger partial charge is 0.228 e. The van der Waals surface area contributed by atoms with Gasteiger partial charge in [-0.3, -0.25) is 9.59 Å². The molecule has 2 unspecified atom stereocenters. The molecule has 4 rings (SSSR count). The summed E-state index contributed by atoms with van der Waals surface area (Å²) in [5, 5.41) is 10.2. The number of likely N-dealkylation sites (tertiary alicyclic amines) is 1. The zero-order valence-electron chi connectivity index (χ0n) is 16.3. The molecule has 2 aromatic rings. The highest BCUT2D eigenvalue weighted by Crippen LogP contribution is 2.26. The molecule has 29 heavy (non-hydrogen) atoms. The summed E-state index contributed by atoms with van der Waals surface area (Å²) < 4.78 is 11.1. The summed E-state index contributed by atoms with van der Waals surface area (Å²) in [6.07, 6.45) is 3.68. The lowest BCUT2D eigenvalue weighted by Crippen LogP contribution is -2.41. The average Bonchev–Trinajstić information content (AvgIpc) is 3.46. The molecule has 2 aliphatic heterocycles. The molecule has 0 aliphatic carbocycles. The van der Waals surface area contributed by atoms with E-state index in [1.54, 1.807) is 34.3 Å². The molecule has 2 fully saturated rings. The summed E-state index contributed by atoms with van der Waals surface area (Å²) >= 11 is 0. The van der Waals surface area contributed by atoms with Crippen molar-refractivity contribution >= 4 is 11.8 Å². The van der Waals surface area contributed by atoms with E-state index in [1.165, 1.54) is 0 Å². The number of furan rings is 1. The van der Waals surface area contributed by atoms with Gasteiger partial charge in [0.1, 0.15) is 11.5 Å². The molecule has 7 heteroatoms. The average molecular weight is 398 g/mol. The Balaban J connectivity index is 1.46. The molecule has 2 aliphatic rings. The van der Waals surface area contributed by atoms with Crippen LogP contribution in [-0.4, -0.2) is 52.5 Å². The van der Waals surface area contributed by atoms with Gasteiger partial charge in [-0.25, -0.2) is 0 Å². The number of amides is 2. The summed E-state index contributed by atoms with van der Waals surface area (Å²) in [5.74, 6) is 0.361. The first kappa shape index (κ1) is 19.5. The normalized spacial score (nSPS) is 21.7. The van der Waals surface area contributed by atoms with Gasteiger partial charge in [0.15, 0.2) is 0 Å². The van der Waals surface area contributed by atoms with Gasteiger partial charge in [0.05, 0.1) is 24.8 Å². The SMILES string of the molecule is O=C1CC(C(=O)N(Cc2ccccc2O)CC2CCCO2)CN1Cc1ccco1. The van der Waals surface area contributed by atoms with E-state index in [2.05, 4.69) is 0 Å². The minimum atomic E-state index is -0.398. The summed E-state index contributed by atoms with van der Waals surface area (Å²) in [6.45, 7) is 2.23. The summed E-state index contributed by atoms with van der Waals surface area (Å²) in [6, 6.07) is 10.6. The predicted octanol–water partition coefficient (Wildman–Crippen LogP) is 2.54. The molecule has 1 aromatic carbocycles. The number of phenols is 1. The number of hydrogen-bond acceptors (Lipinski definition) is 5. The van der Waals surface area contributed by atoms with Gasteiger partial charge in [0.2, 0.25) is 11.8 Å². The van der Waals surface area contributed by atoms with Crippen LogP contribution in [0.3, 0.4) is 0 Å². The van der Waals surface area contributed by atoms with Gasteiger partial charge in [-0.1, -0.05) is 18.2 Å². The van der Waals surface area contributed by atoms with Crippen LogP contribution in [0.4, 0.5) is 0 Å². The minimum Gasteiger partial charge on any atom is -0.508 e. The molecular formula is C22H26N2O5. The number of rotatable bonds is 7. The van der Waals surface area contributed by atoms with E-state index >= 15 is 0 Å². The molecule has 0 radical (unpaired) electrons. The molecule has 1 aromatic heterocycles. The minimum absolute atomic E-state index is 0.00105. The second kappa shape index (κ2) is 8.69. The third-order valence-corrected chi connectivity index (χ3v) is 5.60. The Bertz CT molecular complexity index is 845. The second-order valence-corrected chi connectivity index (χ2v) is 7.74. The maximum absolute atomic E-state index is 13.3. The van der Waals surface area contributed by atoms with Crippen LogP contribution in [0.25, 0.3) is 0 Å². The number of aromatic hydroxyl groups is 1. The van der Waals surface area contributed by atoms with Crippen LogP contribution in [-0.2, 0) is 27.4 Å². The largest absolute Gasteiger partial charge is 0.508 e. The number of nitrogens with zero attached hydrogens (tertiary/aromatic N) is 2. The Kier molecular flexibility index (Phi) is 5.85. The highest BCUT2D eigenvalue weighted by atomic mass is 16.5. The first-order valence-corrected chi connectivity index (χ1v) is 10.1. The van der Waals surface area contributed by atoms with Gasteiger partial charge in [-0.05, 0) is 31.0 Å². The van der Waals surface area contributed by atoms with E-state index in [1.807, 2.05) is 18.2 Å². The molecule has 154 valence electrons. The Hall–Kier alpha value is -2.80. The summed E-state index contributed by atoms with van der Waals surface area (Å²) in [5.41, 5.74) is 0.690. The van der Waals surface area contributed by atoms with Gasteiger partial charge in [0, 0.05) is 38.2 Å². The van der Waals surface area contributed by atoms with Crippen LogP contribution in [0.1, 0.15) is 30.6 Å². The topological polar surface area (TPSA) is 83.2 Å². The van der Waals surface area contributed by atoms with Crippen LogP contribution < -0.4 is 0 Å². The molecule has 1 N–H and O–H groups in total. The van der Waals surface area contributed by atoms with Crippen molar-refractivity contribution in [3.8, 4) is 5.75 Å². The maximum Gasteiger partial charge on any atom is 0.228 e. The van der Waals surface area contributed by atoms with E-state index in [0.717, 1.165) is 12.8 Å². The molecule has 7 nitrogen and oxygen atoms in total. The van der Waals surface area contributed by atoms with Crippen molar-refractivity contribution in [3.05, 3.63) is 54.0 Å². The number of hydrogen-bond donors (Lipinski definition) is 1. The lowest BCUT2D eigenvalue weighted by molar-refractivity contribution is -0.138. The Labute approximate surface area is 169 Å². The van der Waals surface area contributed by atoms with Crippen LogP contribution in [0.2, 0.25) is 0 Å². The molecular weight excluding hydrogens is 372 g/mol. The molecule has 0 saturated carbocycles. The molecule has 0 spiro atoms. The van der Waals surface area contributed by atoms with E-state index in [4.69, 9.17) is 9.15 Å². The van der Waals surface area contributed by atoms with Gasteiger partial charge in [-0.2, -0.15) is 0 Å². The Morgan fingerprint density at radius 2 is 2.10 bits per heavy atom. The van der Waals surface area contributed by atoms with E-state index in [0.29, 0.717) is 44.1 Å². The Morgan fingerprint density at radius 3 is 2.83 bits per heavy atom. The molecule has 2 amide bonds. The molecule has 2 atom stereocenters. The number of carbonyl (C=O) groups excluding carboxylic acids is 2. The maximum atomic E-state index is 13.3. The fourth-order valence-corrected chi connectivity index (χ4v) is 4.06. The number of ether oxygens (including phenoxy) is 1. The van der Waals surface area contributed by atoms with Crippen molar-refractivity contribution in [3.63, 3.8) is 0 Å². The summed E-state index contributed by atoms with van der Waals surface area (Å²) in [4.78, 5) is 29.2. The van der Waals surface area contributed by atoms with Crippen molar-refractivity contribution in [2.45, 2.75) is 38.5 Å². The van der Waals surface area contributed by atoms with Crippen molar-refractivity contribution in [2.75, 3.05) is 19.7 Å². The van der Waals surface area contributed by atoms with Crippen LogP contribution in [0.15, 0.2) is 47.1 Å². The van der Waals surface area contributed by atoms with Crippen LogP contribution in [0, 0.1) is 5.92 Å². The van der Waals surface area contributed by atoms with Crippen molar-refractivity contribution in [1.82, 2.24) is 9.80 Å². The fourth-order valence-electron chi connectivity index (χ4n) is 4.06. The lowest BCUT2D eigenvalue weighted by Gasteiger charge is -2.28. The monoisotopic (exact) mass is 398 g/mol. The first-order valence-electron chi connectivity index (χ1n) is 10.1. The van der Waals surface area contributed by atoms with Gasteiger partial charge in [0.25, 0.3) is 0 Å². The highest BCUT2D eigenvalue weighted by molar-refractivity contribution is 5.89. The first-order chi connectivity index (χ1) is 14.1. The van der Waals surface area contributed by atoms with Crippen molar-refractivity contribution in [1.29, 1.82) is 0 Å². The van der Waals surface area contributed by atoms with Crippen molar-refractivity contribution < 1.29 is 23.8 Å². The van der Waals surface area contributed by atoms with E-state index in [9.17, 15) is 14.7 Å². The third kappa shape index (κ3) is 4.62. The van der Waals surface area contributed by atoms with Crippen molar-refractivity contribution in [2.24, 2.45) is 5.92 Å². The number of benzene rings is 1. The standard InChI is InChI=1S/C22H26N2O5/c25-20-8-2-1-5-16(20)12-24(15-19-7-4-10-29-19)22(27)17-11-21(26)23(13-17)14-18-6-3-9-28-18/h1-3,5-6,8-9,17,19,25H,4,7,10-15H2. The number of phenolic OH excluding ortho intramolecular Hbond substituents is 1.